The van der Waals surface area contributed by atoms with Crippen molar-refractivity contribution in [2.75, 3.05) is 0 Å². The highest BCUT2D eigenvalue weighted by Crippen LogP contribution is 2.18. The summed E-state index contributed by atoms with van der Waals surface area (Å²) in [4.78, 5) is 4.35. The molecule has 0 atom stereocenters. The van der Waals surface area contributed by atoms with Gasteiger partial charge in [0.05, 0.1) is 0 Å². The van der Waals surface area contributed by atoms with Gasteiger partial charge in [0.25, 0.3) is 0 Å². The third-order valence-corrected chi connectivity index (χ3v) is 2.18. The number of para-hydroxylation sites is 1. The van der Waals surface area contributed by atoms with Crippen LogP contribution in [0.1, 0.15) is 19.6 Å². The van der Waals surface area contributed by atoms with Crippen molar-refractivity contribution >= 4 is 16.8 Å². The van der Waals surface area contributed by atoms with Crippen molar-refractivity contribution in [3.63, 3.8) is 0 Å². The predicted octanol–water partition coefficient (Wildman–Crippen LogP) is 2.05. The first-order valence-corrected chi connectivity index (χ1v) is 5.24. The average Bonchev–Trinajstić information content (AvgIpc) is 2.68. The fourth-order valence-corrected chi connectivity index (χ4v) is 1.53. The number of hydrogen-bond donors (Lipinski definition) is 2. The van der Waals surface area contributed by atoms with Gasteiger partial charge >= 0.3 is 0 Å². The zero-order valence-electron chi connectivity index (χ0n) is 9.40. The zero-order chi connectivity index (χ0) is 11.5. The van der Waals surface area contributed by atoms with Crippen LogP contribution >= 0.6 is 0 Å². The van der Waals surface area contributed by atoms with E-state index < -0.39 is 0 Å². The van der Waals surface area contributed by atoms with Crippen LogP contribution in [0.2, 0.25) is 0 Å². The Hall–Kier alpha value is -1.81. The lowest BCUT2D eigenvalue weighted by atomic mass is 10.2. The van der Waals surface area contributed by atoms with E-state index in [0.29, 0.717) is 11.6 Å². The molecule has 0 fully saturated rings. The molecule has 2 aromatic rings. The second-order valence-electron chi connectivity index (χ2n) is 3.86. The van der Waals surface area contributed by atoms with Crippen LogP contribution in [-0.4, -0.2) is 11.9 Å². The lowest BCUT2D eigenvalue weighted by Gasteiger charge is -2.03. The van der Waals surface area contributed by atoms with Crippen LogP contribution < -0.4 is 11.3 Å². The van der Waals surface area contributed by atoms with E-state index in [2.05, 4.69) is 10.4 Å². The first-order chi connectivity index (χ1) is 7.70. The Morgan fingerprint density at radius 1 is 1.38 bits per heavy atom. The highest BCUT2D eigenvalue weighted by molar-refractivity contribution is 5.99. The summed E-state index contributed by atoms with van der Waals surface area (Å²) in [6.45, 7) is 3.97. The van der Waals surface area contributed by atoms with E-state index in [9.17, 15) is 0 Å². The maximum atomic E-state index is 5.65. The molecule has 1 aromatic heterocycles. The number of benzene rings is 1. The summed E-state index contributed by atoms with van der Waals surface area (Å²) in [5.74, 6) is 6.67. The number of nitrogens with two attached hydrogens (primary N) is 1. The second-order valence-corrected chi connectivity index (χ2v) is 3.86. The second kappa shape index (κ2) is 4.37. The Balaban J connectivity index is 2.46. The van der Waals surface area contributed by atoms with Gasteiger partial charge in [-0.2, -0.15) is 0 Å². The topological polar surface area (TPSA) is 63.5 Å². The third kappa shape index (κ3) is 2.06. The summed E-state index contributed by atoms with van der Waals surface area (Å²) >= 11 is 0. The number of nitrogens with one attached hydrogen (secondary N) is 1. The number of nitrogens with zero attached hydrogens (tertiary/aromatic N) is 1. The summed E-state index contributed by atoms with van der Waals surface area (Å²) in [5, 5.41) is 1.05. The average molecular weight is 217 g/mol. The molecule has 0 spiro atoms. The van der Waals surface area contributed by atoms with E-state index in [1.807, 2.05) is 44.2 Å². The lowest BCUT2D eigenvalue weighted by Crippen LogP contribution is -2.31. The molecule has 0 saturated heterocycles. The molecule has 4 nitrogen and oxygen atoms in total. The van der Waals surface area contributed by atoms with Crippen molar-refractivity contribution in [1.29, 1.82) is 0 Å². The Bertz CT molecular complexity index is 481. The monoisotopic (exact) mass is 217 g/mol. The van der Waals surface area contributed by atoms with Crippen molar-refractivity contribution in [2.45, 2.75) is 19.9 Å². The van der Waals surface area contributed by atoms with Crippen LogP contribution in [0.4, 0.5) is 0 Å². The predicted molar refractivity (Wildman–Crippen MR) is 65.2 cm³/mol. The maximum absolute atomic E-state index is 5.65. The van der Waals surface area contributed by atoms with E-state index >= 15 is 0 Å². The van der Waals surface area contributed by atoms with Crippen LogP contribution in [0.25, 0.3) is 11.0 Å². The molecule has 0 radical (unpaired) electrons. The van der Waals surface area contributed by atoms with Gasteiger partial charge in [-0.3, -0.25) is 4.99 Å². The minimum atomic E-state index is 0.166. The van der Waals surface area contributed by atoms with E-state index in [4.69, 9.17) is 10.3 Å². The number of fused-ring (bicyclic) bond motifs is 1. The summed E-state index contributed by atoms with van der Waals surface area (Å²) in [6, 6.07) is 9.91. The van der Waals surface area contributed by atoms with E-state index in [1.54, 1.807) is 0 Å². The van der Waals surface area contributed by atoms with Gasteiger partial charge in [-0.15, -0.1) is 0 Å². The number of furan rings is 1. The molecule has 0 bridgehead atoms. The van der Waals surface area contributed by atoms with Crippen LogP contribution in [0.5, 0.6) is 0 Å². The molecule has 84 valence electrons. The quantitative estimate of drug-likeness (QED) is 0.350. The smallest absolute Gasteiger partial charge is 0.179 e. The molecule has 16 heavy (non-hydrogen) atoms. The van der Waals surface area contributed by atoms with Gasteiger partial charge in [0.1, 0.15) is 5.58 Å². The Morgan fingerprint density at radius 3 is 2.75 bits per heavy atom. The SMILES string of the molecule is CC(C)N=C(NN)c1cc2ccccc2o1. The molecule has 2 rings (SSSR count). The first-order valence-electron chi connectivity index (χ1n) is 5.24. The van der Waals surface area contributed by atoms with Crippen molar-refractivity contribution < 1.29 is 4.42 Å². The molecule has 3 N–H and O–H groups in total. The van der Waals surface area contributed by atoms with Crippen LogP contribution in [0, 0.1) is 0 Å². The number of hydrazine groups is 1. The normalized spacial score (nSPS) is 12.4. The zero-order valence-corrected chi connectivity index (χ0v) is 9.40. The van der Waals surface area contributed by atoms with E-state index in [0.717, 1.165) is 11.0 Å². The van der Waals surface area contributed by atoms with Crippen molar-refractivity contribution in [1.82, 2.24) is 5.43 Å². The van der Waals surface area contributed by atoms with E-state index in [1.165, 1.54) is 0 Å². The standard InChI is InChI=1S/C12H15N3O/c1-8(2)14-12(15-13)11-7-9-5-3-4-6-10(9)16-11/h3-8H,13H2,1-2H3,(H,14,15). The maximum Gasteiger partial charge on any atom is 0.179 e. The summed E-state index contributed by atoms with van der Waals surface area (Å²) in [5.41, 5.74) is 3.40. The first kappa shape index (κ1) is 10.7. The van der Waals surface area contributed by atoms with Gasteiger partial charge in [-0.05, 0) is 26.0 Å². The van der Waals surface area contributed by atoms with Crippen molar-refractivity contribution in [3.05, 3.63) is 36.1 Å². The molecular formula is C12H15N3O. The number of amidine groups is 1. The lowest BCUT2D eigenvalue weighted by molar-refractivity contribution is 0.597. The molecule has 0 amide bonds. The van der Waals surface area contributed by atoms with Crippen LogP contribution in [-0.2, 0) is 0 Å². The van der Waals surface area contributed by atoms with Crippen molar-refractivity contribution in [2.24, 2.45) is 10.8 Å². The van der Waals surface area contributed by atoms with E-state index in [-0.39, 0.29) is 6.04 Å². The molecule has 0 aliphatic heterocycles. The fourth-order valence-electron chi connectivity index (χ4n) is 1.53. The van der Waals surface area contributed by atoms with Gasteiger partial charge in [0, 0.05) is 11.4 Å². The number of hydrogen-bond acceptors (Lipinski definition) is 3. The Morgan fingerprint density at radius 2 is 2.12 bits per heavy atom. The van der Waals surface area contributed by atoms with Gasteiger partial charge in [0.2, 0.25) is 0 Å². The molecule has 4 heteroatoms. The Kier molecular flexibility index (Phi) is 2.92. The van der Waals surface area contributed by atoms with Gasteiger partial charge < -0.3 is 9.84 Å². The van der Waals surface area contributed by atoms with Gasteiger partial charge in [-0.1, -0.05) is 18.2 Å². The van der Waals surface area contributed by atoms with Crippen LogP contribution in [0.15, 0.2) is 39.7 Å². The molecule has 0 aliphatic rings. The highest BCUT2D eigenvalue weighted by Gasteiger charge is 2.09. The highest BCUT2D eigenvalue weighted by atomic mass is 16.3. The number of aliphatic imine (C=N–C) groups is 1. The minimum absolute atomic E-state index is 0.166. The molecule has 1 aromatic carbocycles. The van der Waals surface area contributed by atoms with Gasteiger partial charge in [-0.25, -0.2) is 5.84 Å². The summed E-state index contributed by atoms with van der Waals surface area (Å²) < 4.78 is 5.65. The molecule has 1 heterocycles. The largest absolute Gasteiger partial charge is 0.453 e. The fraction of sp³-hybridized carbons (Fsp3) is 0.250. The van der Waals surface area contributed by atoms with Gasteiger partial charge in [0.15, 0.2) is 11.6 Å². The molecular weight excluding hydrogens is 202 g/mol. The number of rotatable bonds is 2. The molecule has 0 aliphatic carbocycles. The molecule has 0 unspecified atom stereocenters. The Labute approximate surface area is 94.1 Å². The third-order valence-electron chi connectivity index (χ3n) is 2.18. The minimum Gasteiger partial charge on any atom is -0.453 e. The van der Waals surface area contributed by atoms with Crippen LogP contribution in [0.3, 0.4) is 0 Å². The van der Waals surface area contributed by atoms with Crippen molar-refractivity contribution in [3.8, 4) is 0 Å². The summed E-state index contributed by atoms with van der Waals surface area (Å²) in [6.07, 6.45) is 0. The summed E-state index contributed by atoms with van der Waals surface area (Å²) in [7, 11) is 0. The molecule has 0 saturated carbocycles.